The largest absolute Gasteiger partial charge is 0.306 e. The molecule has 1 aliphatic rings. The van der Waals surface area contributed by atoms with Crippen LogP contribution in [0.5, 0.6) is 0 Å². The van der Waals surface area contributed by atoms with E-state index in [0.29, 0.717) is 12.1 Å². The van der Waals surface area contributed by atoms with Gasteiger partial charge in [-0.3, -0.25) is 0 Å². The molecule has 0 aliphatic heterocycles. The first-order valence-electron chi connectivity index (χ1n) is 6.37. The number of nitrogens with one attached hydrogen (secondary N) is 1. The highest BCUT2D eigenvalue weighted by atomic mass is 32.1. The summed E-state index contributed by atoms with van der Waals surface area (Å²) in [5.74, 6) is 1.00. The van der Waals surface area contributed by atoms with E-state index in [4.69, 9.17) is 0 Å². The lowest BCUT2D eigenvalue weighted by Gasteiger charge is -2.21. The maximum absolute atomic E-state index is 4.55. The van der Waals surface area contributed by atoms with Crippen LogP contribution in [-0.2, 0) is 0 Å². The Bertz CT molecular complexity index is 330. The normalized spacial score (nSPS) is 19.7. The summed E-state index contributed by atoms with van der Waals surface area (Å²) in [6, 6.07) is 1.07. The molecule has 2 unspecified atom stereocenters. The molecular formula is C13H22N2S. The summed E-state index contributed by atoms with van der Waals surface area (Å²) >= 11 is 1.74. The average Bonchev–Trinajstić information content (AvgIpc) is 2.97. The van der Waals surface area contributed by atoms with Crippen molar-refractivity contribution in [2.75, 3.05) is 0 Å². The highest BCUT2D eigenvalue weighted by Crippen LogP contribution is 2.34. The first-order valence-corrected chi connectivity index (χ1v) is 7.25. The number of nitrogens with zero attached hydrogens (tertiary/aromatic N) is 1. The van der Waals surface area contributed by atoms with E-state index in [1.807, 2.05) is 0 Å². The molecule has 1 heterocycles. The summed E-state index contributed by atoms with van der Waals surface area (Å²) in [4.78, 5) is 4.55. The second-order valence-electron chi connectivity index (χ2n) is 4.96. The summed E-state index contributed by atoms with van der Waals surface area (Å²) in [5.41, 5.74) is 1.21. The van der Waals surface area contributed by atoms with Crippen molar-refractivity contribution in [3.05, 3.63) is 16.1 Å². The Hall–Kier alpha value is -0.410. The topological polar surface area (TPSA) is 24.9 Å². The van der Waals surface area contributed by atoms with Crippen molar-refractivity contribution in [3.63, 3.8) is 0 Å². The van der Waals surface area contributed by atoms with Gasteiger partial charge in [0.25, 0.3) is 0 Å². The monoisotopic (exact) mass is 238 g/mol. The van der Waals surface area contributed by atoms with Crippen LogP contribution in [0, 0.1) is 12.8 Å². The summed E-state index contributed by atoms with van der Waals surface area (Å²) in [6.45, 7) is 6.57. The van der Waals surface area contributed by atoms with Crippen LogP contribution in [0.2, 0.25) is 0 Å². The Balaban J connectivity index is 1.86. The van der Waals surface area contributed by atoms with E-state index in [1.54, 1.807) is 11.3 Å². The van der Waals surface area contributed by atoms with E-state index >= 15 is 0 Å². The maximum Gasteiger partial charge on any atom is 0.0898 e. The Labute approximate surface area is 102 Å². The Morgan fingerprint density at radius 2 is 2.31 bits per heavy atom. The molecule has 2 rings (SSSR count). The van der Waals surface area contributed by atoms with Gasteiger partial charge in [0.05, 0.1) is 10.7 Å². The standard InChI is InChI=1S/C13H22N2S/c1-4-12(7-11-5-6-11)14-9(2)13-8-16-10(3)15-13/h8-9,11-12,14H,4-7H2,1-3H3. The van der Waals surface area contributed by atoms with Crippen molar-refractivity contribution in [1.29, 1.82) is 0 Å². The quantitative estimate of drug-likeness (QED) is 0.817. The van der Waals surface area contributed by atoms with Gasteiger partial charge >= 0.3 is 0 Å². The van der Waals surface area contributed by atoms with Gasteiger partial charge in [0.15, 0.2) is 0 Å². The molecule has 3 heteroatoms. The van der Waals surface area contributed by atoms with Crippen molar-refractivity contribution >= 4 is 11.3 Å². The van der Waals surface area contributed by atoms with E-state index in [1.165, 1.54) is 36.4 Å². The number of thiazole rings is 1. The minimum absolute atomic E-state index is 0.397. The number of rotatable bonds is 6. The van der Waals surface area contributed by atoms with Crippen LogP contribution in [-0.4, -0.2) is 11.0 Å². The Morgan fingerprint density at radius 1 is 1.56 bits per heavy atom. The number of aromatic nitrogens is 1. The fraction of sp³-hybridized carbons (Fsp3) is 0.769. The van der Waals surface area contributed by atoms with Crippen molar-refractivity contribution in [2.24, 2.45) is 5.92 Å². The van der Waals surface area contributed by atoms with Crippen LogP contribution in [0.15, 0.2) is 5.38 Å². The Morgan fingerprint density at radius 3 is 2.81 bits per heavy atom. The van der Waals surface area contributed by atoms with Gasteiger partial charge in [-0.25, -0.2) is 4.98 Å². The lowest BCUT2D eigenvalue weighted by Crippen LogP contribution is -2.31. The lowest BCUT2D eigenvalue weighted by molar-refractivity contribution is 0.400. The smallest absolute Gasteiger partial charge is 0.0898 e. The molecule has 0 radical (unpaired) electrons. The molecule has 0 spiro atoms. The van der Waals surface area contributed by atoms with Gasteiger partial charge < -0.3 is 5.32 Å². The van der Waals surface area contributed by atoms with E-state index in [9.17, 15) is 0 Å². The molecule has 0 amide bonds. The van der Waals surface area contributed by atoms with E-state index < -0.39 is 0 Å². The third-order valence-electron chi connectivity index (χ3n) is 3.37. The maximum atomic E-state index is 4.55. The predicted molar refractivity (Wildman–Crippen MR) is 69.8 cm³/mol. The van der Waals surface area contributed by atoms with Crippen molar-refractivity contribution in [2.45, 2.75) is 58.5 Å². The molecule has 0 aromatic carbocycles. The van der Waals surface area contributed by atoms with E-state index in [-0.39, 0.29) is 0 Å². The molecule has 1 saturated carbocycles. The van der Waals surface area contributed by atoms with Crippen molar-refractivity contribution in [1.82, 2.24) is 10.3 Å². The highest BCUT2D eigenvalue weighted by Gasteiger charge is 2.25. The summed E-state index contributed by atoms with van der Waals surface area (Å²) in [6.07, 6.45) is 5.47. The van der Waals surface area contributed by atoms with E-state index in [2.05, 4.69) is 36.5 Å². The third-order valence-corrected chi connectivity index (χ3v) is 4.17. The second kappa shape index (κ2) is 5.28. The van der Waals surface area contributed by atoms with Crippen LogP contribution >= 0.6 is 11.3 Å². The minimum atomic E-state index is 0.397. The van der Waals surface area contributed by atoms with Gasteiger partial charge in [0.1, 0.15) is 0 Å². The predicted octanol–water partition coefficient (Wildman–Crippen LogP) is 3.68. The lowest BCUT2D eigenvalue weighted by atomic mass is 10.1. The van der Waals surface area contributed by atoms with Gasteiger partial charge in [0.2, 0.25) is 0 Å². The molecule has 1 N–H and O–H groups in total. The molecule has 1 aromatic heterocycles. The molecular weight excluding hydrogens is 216 g/mol. The van der Waals surface area contributed by atoms with Crippen molar-refractivity contribution in [3.8, 4) is 0 Å². The van der Waals surface area contributed by atoms with Crippen LogP contribution < -0.4 is 5.32 Å². The van der Waals surface area contributed by atoms with Crippen LogP contribution in [0.1, 0.15) is 56.3 Å². The molecule has 90 valence electrons. The Kier molecular flexibility index (Phi) is 3.98. The number of aryl methyl sites for hydroxylation is 1. The summed E-state index contributed by atoms with van der Waals surface area (Å²) < 4.78 is 0. The zero-order chi connectivity index (χ0) is 11.5. The van der Waals surface area contributed by atoms with Gasteiger partial charge in [-0.05, 0) is 32.6 Å². The molecule has 2 nitrogen and oxygen atoms in total. The fourth-order valence-electron chi connectivity index (χ4n) is 2.13. The molecule has 0 bridgehead atoms. The van der Waals surface area contributed by atoms with Crippen LogP contribution in [0.25, 0.3) is 0 Å². The van der Waals surface area contributed by atoms with Gasteiger partial charge in [-0.15, -0.1) is 11.3 Å². The first kappa shape index (κ1) is 12.1. The van der Waals surface area contributed by atoms with E-state index in [0.717, 1.165) is 5.92 Å². The average molecular weight is 238 g/mol. The van der Waals surface area contributed by atoms with Gasteiger partial charge in [0, 0.05) is 17.5 Å². The SMILES string of the molecule is CCC(CC1CC1)NC(C)c1csc(C)n1. The molecule has 0 saturated heterocycles. The first-order chi connectivity index (χ1) is 7.69. The number of hydrogen-bond acceptors (Lipinski definition) is 3. The number of hydrogen-bond donors (Lipinski definition) is 1. The summed E-state index contributed by atoms with van der Waals surface area (Å²) in [5, 5.41) is 7.05. The zero-order valence-corrected chi connectivity index (χ0v) is 11.3. The molecule has 16 heavy (non-hydrogen) atoms. The zero-order valence-electron chi connectivity index (χ0n) is 10.5. The second-order valence-corrected chi connectivity index (χ2v) is 6.03. The van der Waals surface area contributed by atoms with Gasteiger partial charge in [-0.2, -0.15) is 0 Å². The van der Waals surface area contributed by atoms with Crippen LogP contribution in [0.4, 0.5) is 0 Å². The molecule has 2 atom stereocenters. The molecule has 1 aromatic rings. The van der Waals surface area contributed by atoms with Gasteiger partial charge in [-0.1, -0.05) is 19.8 Å². The molecule has 1 fully saturated rings. The fourth-order valence-corrected chi connectivity index (χ4v) is 2.83. The highest BCUT2D eigenvalue weighted by molar-refractivity contribution is 7.09. The minimum Gasteiger partial charge on any atom is -0.306 e. The van der Waals surface area contributed by atoms with Crippen LogP contribution in [0.3, 0.4) is 0 Å². The van der Waals surface area contributed by atoms with Crippen molar-refractivity contribution < 1.29 is 0 Å². The third kappa shape index (κ3) is 3.29. The summed E-state index contributed by atoms with van der Waals surface area (Å²) in [7, 11) is 0. The molecule has 1 aliphatic carbocycles.